The van der Waals surface area contributed by atoms with Crippen molar-refractivity contribution in [3.8, 4) is 0 Å². The first kappa shape index (κ1) is 17.5. The number of nitrogens with zero attached hydrogens (tertiary/aromatic N) is 1. The van der Waals surface area contributed by atoms with Crippen LogP contribution in [0.5, 0.6) is 0 Å². The maximum atomic E-state index is 12.3. The molecule has 2 N–H and O–H groups in total. The van der Waals surface area contributed by atoms with E-state index in [0.29, 0.717) is 23.7 Å². The molecule has 3 rings (SSSR count). The van der Waals surface area contributed by atoms with Crippen LogP contribution in [0, 0.1) is 0 Å². The second-order valence-electron chi connectivity index (χ2n) is 5.94. The summed E-state index contributed by atoms with van der Waals surface area (Å²) >= 11 is 1.61. The zero-order valence-electron chi connectivity index (χ0n) is 14.1. The van der Waals surface area contributed by atoms with Crippen molar-refractivity contribution in [1.29, 1.82) is 0 Å². The van der Waals surface area contributed by atoms with E-state index >= 15 is 0 Å². The Labute approximate surface area is 151 Å². The van der Waals surface area contributed by atoms with Gasteiger partial charge < -0.3 is 10.6 Å². The van der Waals surface area contributed by atoms with E-state index in [4.69, 9.17) is 0 Å². The van der Waals surface area contributed by atoms with Crippen molar-refractivity contribution < 1.29 is 9.59 Å². The lowest BCUT2D eigenvalue weighted by atomic mass is 10.1. The molecule has 1 aromatic heterocycles. The largest absolute Gasteiger partial charge is 0.349 e. The monoisotopic (exact) mass is 355 g/mol. The summed E-state index contributed by atoms with van der Waals surface area (Å²) in [6.45, 7) is 2.47. The molecule has 1 aromatic carbocycles. The highest BCUT2D eigenvalue weighted by molar-refractivity contribution is 7.99. The average Bonchev–Trinajstić information content (AvgIpc) is 3.44. The SMILES string of the molecule is CCSc1cc(C(=O)NCc2ccc(C(=O)NC3CC3)cc2)ccn1. The van der Waals surface area contributed by atoms with Crippen molar-refractivity contribution in [2.24, 2.45) is 0 Å². The third-order valence-electron chi connectivity index (χ3n) is 3.87. The number of pyridine rings is 1. The van der Waals surface area contributed by atoms with Crippen molar-refractivity contribution >= 4 is 23.6 Å². The normalized spacial score (nSPS) is 13.3. The fourth-order valence-electron chi connectivity index (χ4n) is 2.33. The van der Waals surface area contributed by atoms with E-state index in [1.54, 1.807) is 42.2 Å². The molecule has 130 valence electrons. The van der Waals surface area contributed by atoms with Gasteiger partial charge in [0.15, 0.2) is 0 Å². The van der Waals surface area contributed by atoms with Gasteiger partial charge in [-0.05, 0) is 48.4 Å². The summed E-state index contributed by atoms with van der Waals surface area (Å²) in [5, 5.41) is 6.71. The lowest BCUT2D eigenvalue weighted by Gasteiger charge is -2.08. The number of rotatable bonds is 7. The molecule has 6 heteroatoms. The van der Waals surface area contributed by atoms with Crippen LogP contribution in [0.1, 0.15) is 46.0 Å². The van der Waals surface area contributed by atoms with Crippen LogP contribution in [0.4, 0.5) is 0 Å². The van der Waals surface area contributed by atoms with Gasteiger partial charge in [0.25, 0.3) is 11.8 Å². The Morgan fingerprint density at radius 2 is 1.88 bits per heavy atom. The number of amides is 2. The number of hydrogen-bond acceptors (Lipinski definition) is 4. The molecule has 0 spiro atoms. The number of benzene rings is 1. The average molecular weight is 355 g/mol. The third kappa shape index (κ3) is 5.06. The van der Waals surface area contributed by atoms with Gasteiger partial charge in [0.1, 0.15) is 0 Å². The second-order valence-corrected chi connectivity index (χ2v) is 7.23. The summed E-state index contributed by atoms with van der Waals surface area (Å²) in [6, 6.07) is 11.2. The van der Waals surface area contributed by atoms with Crippen molar-refractivity contribution in [3.05, 3.63) is 59.3 Å². The van der Waals surface area contributed by atoms with Crippen molar-refractivity contribution in [2.75, 3.05) is 5.75 Å². The maximum Gasteiger partial charge on any atom is 0.251 e. The summed E-state index contributed by atoms with van der Waals surface area (Å²) in [5.74, 6) is 0.755. The van der Waals surface area contributed by atoms with Crippen LogP contribution in [-0.4, -0.2) is 28.6 Å². The van der Waals surface area contributed by atoms with Gasteiger partial charge in [-0.1, -0.05) is 19.1 Å². The molecule has 2 aromatic rings. The number of carbonyl (C=O) groups excluding carboxylic acids is 2. The van der Waals surface area contributed by atoms with E-state index in [1.807, 2.05) is 19.1 Å². The van der Waals surface area contributed by atoms with Gasteiger partial charge in [0, 0.05) is 29.9 Å². The lowest BCUT2D eigenvalue weighted by molar-refractivity contribution is 0.0941. The molecule has 25 heavy (non-hydrogen) atoms. The zero-order chi connectivity index (χ0) is 17.6. The van der Waals surface area contributed by atoms with Gasteiger partial charge in [-0.25, -0.2) is 4.98 Å². The number of carbonyl (C=O) groups is 2. The van der Waals surface area contributed by atoms with Crippen LogP contribution in [0.15, 0.2) is 47.6 Å². The highest BCUT2D eigenvalue weighted by Gasteiger charge is 2.23. The first-order chi connectivity index (χ1) is 12.2. The first-order valence-electron chi connectivity index (χ1n) is 8.42. The molecule has 0 bridgehead atoms. The predicted molar refractivity (Wildman–Crippen MR) is 98.7 cm³/mol. The Kier molecular flexibility index (Phi) is 5.71. The van der Waals surface area contributed by atoms with E-state index in [9.17, 15) is 9.59 Å². The summed E-state index contributed by atoms with van der Waals surface area (Å²) in [4.78, 5) is 28.4. The van der Waals surface area contributed by atoms with Crippen molar-refractivity contribution in [2.45, 2.75) is 37.4 Å². The quantitative estimate of drug-likeness (QED) is 0.749. The summed E-state index contributed by atoms with van der Waals surface area (Å²) in [6.07, 6.45) is 3.80. The molecule has 5 nitrogen and oxygen atoms in total. The number of thioether (sulfide) groups is 1. The molecule has 0 atom stereocenters. The van der Waals surface area contributed by atoms with Gasteiger partial charge >= 0.3 is 0 Å². The van der Waals surface area contributed by atoms with Crippen LogP contribution in [0.3, 0.4) is 0 Å². The first-order valence-corrected chi connectivity index (χ1v) is 9.41. The molecular weight excluding hydrogens is 334 g/mol. The smallest absolute Gasteiger partial charge is 0.251 e. The van der Waals surface area contributed by atoms with Crippen molar-refractivity contribution in [3.63, 3.8) is 0 Å². The fourth-order valence-corrected chi connectivity index (χ4v) is 2.97. The van der Waals surface area contributed by atoms with E-state index in [2.05, 4.69) is 15.6 Å². The van der Waals surface area contributed by atoms with E-state index < -0.39 is 0 Å². The zero-order valence-corrected chi connectivity index (χ0v) is 14.9. The maximum absolute atomic E-state index is 12.3. The molecule has 0 radical (unpaired) electrons. The van der Waals surface area contributed by atoms with Crippen LogP contribution < -0.4 is 10.6 Å². The van der Waals surface area contributed by atoms with Crippen LogP contribution in [-0.2, 0) is 6.54 Å². The van der Waals surface area contributed by atoms with E-state index in [0.717, 1.165) is 29.2 Å². The second kappa shape index (κ2) is 8.16. The van der Waals surface area contributed by atoms with Gasteiger partial charge in [0.2, 0.25) is 0 Å². The molecule has 1 aliphatic rings. The Morgan fingerprint density at radius 3 is 2.56 bits per heavy atom. The van der Waals surface area contributed by atoms with Crippen molar-refractivity contribution in [1.82, 2.24) is 15.6 Å². The highest BCUT2D eigenvalue weighted by Crippen LogP contribution is 2.19. The molecular formula is C19H21N3O2S. The Balaban J connectivity index is 1.54. The van der Waals surface area contributed by atoms with Gasteiger partial charge in [-0.2, -0.15) is 0 Å². The fraction of sp³-hybridized carbons (Fsp3) is 0.316. The third-order valence-corrected chi connectivity index (χ3v) is 4.68. The minimum Gasteiger partial charge on any atom is -0.349 e. The molecule has 0 aliphatic heterocycles. The highest BCUT2D eigenvalue weighted by atomic mass is 32.2. The number of aromatic nitrogens is 1. The topological polar surface area (TPSA) is 71.1 Å². The summed E-state index contributed by atoms with van der Waals surface area (Å²) in [7, 11) is 0. The van der Waals surface area contributed by atoms with E-state index in [1.165, 1.54) is 0 Å². The van der Waals surface area contributed by atoms with E-state index in [-0.39, 0.29) is 11.8 Å². The minimum atomic E-state index is -0.129. The predicted octanol–water partition coefficient (Wildman–Crippen LogP) is 3.02. The standard InChI is InChI=1S/C19H21N3O2S/c1-2-25-17-11-15(9-10-20-17)18(23)21-12-13-3-5-14(6-4-13)19(24)22-16-7-8-16/h3-6,9-11,16H,2,7-8,12H2,1H3,(H,21,23)(H,22,24). The molecule has 2 amide bonds. The molecule has 1 saturated carbocycles. The minimum absolute atomic E-state index is 0.0316. The Hall–Kier alpha value is -2.34. The molecule has 0 unspecified atom stereocenters. The molecule has 0 saturated heterocycles. The Morgan fingerprint density at radius 1 is 1.12 bits per heavy atom. The van der Waals surface area contributed by atoms with Crippen LogP contribution >= 0.6 is 11.8 Å². The molecule has 1 fully saturated rings. The number of nitrogens with one attached hydrogen (secondary N) is 2. The summed E-state index contributed by atoms with van der Waals surface area (Å²) in [5.41, 5.74) is 2.21. The summed E-state index contributed by atoms with van der Waals surface area (Å²) < 4.78 is 0. The molecule has 1 heterocycles. The number of hydrogen-bond donors (Lipinski definition) is 2. The van der Waals surface area contributed by atoms with Gasteiger partial charge in [0.05, 0.1) is 5.03 Å². The van der Waals surface area contributed by atoms with Gasteiger partial charge in [-0.3, -0.25) is 9.59 Å². The Bertz CT molecular complexity index is 758. The van der Waals surface area contributed by atoms with Crippen LogP contribution in [0.25, 0.3) is 0 Å². The molecule has 1 aliphatic carbocycles. The van der Waals surface area contributed by atoms with Gasteiger partial charge in [-0.15, -0.1) is 11.8 Å². The lowest BCUT2D eigenvalue weighted by Crippen LogP contribution is -2.25. The van der Waals surface area contributed by atoms with Crippen LogP contribution in [0.2, 0.25) is 0 Å².